The van der Waals surface area contributed by atoms with Crippen LogP contribution < -0.4 is 10.6 Å². The molecule has 1 saturated carbocycles. The van der Waals surface area contributed by atoms with Gasteiger partial charge in [-0.2, -0.15) is 9.97 Å². The second-order valence-electron chi connectivity index (χ2n) is 7.99. The van der Waals surface area contributed by atoms with Crippen LogP contribution in [0, 0.1) is 5.82 Å². The van der Waals surface area contributed by atoms with Crippen molar-refractivity contribution in [2.75, 3.05) is 10.6 Å². The van der Waals surface area contributed by atoms with Gasteiger partial charge in [0.05, 0.1) is 11.8 Å². The maximum atomic E-state index is 13.4. The number of rotatable bonds is 5. The van der Waals surface area contributed by atoms with Crippen LogP contribution in [0.2, 0.25) is 0 Å². The Hall–Kier alpha value is -4.07. The Morgan fingerprint density at radius 2 is 1.84 bits per heavy atom. The minimum atomic E-state index is -0.258. The number of fused-ring (bicyclic) bond motifs is 2. The van der Waals surface area contributed by atoms with E-state index in [0.717, 1.165) is 51.9 Å². The summed E-state index contributed by atoms with van der Waals surface area (Å²) in [5, 5.41) is 7.76. The average Bonchev–Trinajstić information content (AvgIpc) is 3.25. The van der Waals surface area contributed by atoms with Gasteiger partial charge in [0.2, 0.25) is 5.95 Å². The van der Waals surface area contributed by atoms with E-state index in [0.29, 0.717) is 17.6 Å². The lowest BCUT2D eigenvalue weighted by atomic mass is 9.93. The summed E-state index contributed by atoms with van der Waals surface area (Å²) in [5.74, 6) is 0.971. The first-order valence-electron chi connectivity index (χ1n) is 10.6. The number of benzene rings is 2. The Bertz CT molecular complexity index is 1420. The molecule has 3 aromatic heterocycles. The third-order valence-corrected chi connectivity index (χ3v) is 5.88. The minimum Gasteiger partial charge on any atom is -0.365 e. The summed E-state index contributed by atoms with van der Waals surface area (Å²) >= 11 is 0. The van der Waals surface area contributed by atoms with E-state index in [1.165, 1.54) is 18.6 Å². The molecule has 6 rings (SSSR count). The van der Waals surface area contributed by atoms with E-state index in [2.05, 4.69) is 30.6 Å². The van der Waals surface area contributed by atoms with Gasteiger partial charge in [-0.15, -0.1) is 0 Å². The van der Waals surface area contributed by atoms with Gasteiger partial charge in [-0.25, -0.2) is 9.37 Å². The Kier molecular flexibility index (Phi) is 4.41. The number of nitrogens with one attached hydrogen (secondary N) is 3. The molecule has 2 aromatic carbocycles. The van der Waals surface area contributed by atoms with E-state index in [1.54, 1.807) is 24.7 Å². The predicted molar refractivity (Wildman–Crippen MR) is 123 cm³/mol. The number of hydrogen-bond acceptors (Lipinski definition) is 6. The summed E-state index contributed by atoms with van der Waals surface area (Å²) in [4.78, 5) is 21.2. The van der Waals surface area contributed by atoms with Crippen molar-refractivity contribution in [1.29, 1.82) is 0 Å². The molecule has 0 amide bonds. The molecule has 3 N–H and O–H groups in total. The Morgan fingerprint density at radius 3 is 2.66 bits per heavy atom. The number of pyridine rings is 1. The first-order valence-corrected chi connectivity index (χ1v) is 10.6. The lowest BCUT2D eigenvalue weighted by Gasteiger charge is -2.27. The van der Waals surface area contributed by atoms with E-state index < -0.39 is 0 Å². The normalized spacial score (nSPS) is 13.9. The summed E-state index contributed by atoms with van der Waals surface area (Å²) in [6.07, 6.45) is 6.92. The van der Waals surface area contributed by atoms with Gasteiger partial charge in [0.1, 0.15) is 11.3 Å². The molecular formula is C24H20FN7. The number of imidazole rings is 1. The standard InChI is InChI=1S/C24H20FN7/c25-15-6-4-14(5-7-15)18-10-11-26-20-9-8-17(12-19(18)20)30-24-31-22-21(27-13-28-22)23(32-24)29-16-2-1-3-16/h4-13,16H,1-3H2,(H3,27,28,29,30,31,32). The minimum absolute atomic E-state index is 0.258. The highest BCUT2D eigenvalue weighted by Crippen LogP contribution is 2.31. The van der Waals surface area contributed by atoms with Crippen molar-refractivity contribution < 1.29 is 4.39 Å². The van der Waals surface area contributed by atoms with Gasteiger partial charge in [-0.05, 0) is 66.8 Å². The zero-order chi connectivity index (χ0) is 21.5. The maximum absolute atomic E-state index is 13.4. The summed E-state index contributed by atoms with van der Waals surface area (Å²) in [7, 11) is 0. The van der Waals surface area contributed by atoms with Crippen molar-refractivity contribution in [3.8, 4) is 11.1 Å². The molecule has 8 heteroatoms. The largest absolute Gasteiger partial charge is 0.365 e. The quantitative estimate of drug-likeness (QED) is 0.348. The molecule has 1 aliphatic rings. The molecule has 1 fully saturated rings. The van der Waals surface area contributed by atoms with Gasteiger partial charge >= 0.3 is 0 Å². The third-order valence-electron chi connectivity index (χ3n) is 5.88. The zero-order valence-electron chi connectivity index (χ0n) is 17.1. The van der Waals surface area contributed by atoms with Crippen molar-refractivity contribution in [1.82, 2.24) is 24.9 Å². The van der Waals surface area contributed by atoms with Crippen LogP contribution in [0.3, 0.4) is 0 Å². The van der Waals surface area contributed by atoms with Gasteiger partial charge in [-0.1, -0.05) is 12.1 Å². The summed E-state index contributed by atoms with van der Waals surface area (Å²) in [6.45, 7) is 0. The third kappa shape index (κ3) is 3.39. The maximum Gasteiger partial charge on any atom is 0.231 e. The van der Waals surface area contributed by atoms with E-state index in [4.69, 9.17) is 4.98 Å². The van der Waals surface area contributed by atoms with Crippen LogP contribution >= 0.6 is 0 Å². The molecule has 0 atom stereocenters. The van der Waals surface area contributed by atoms with Crippen LogP contribution in [-0.2, 0) is 0 Å². The fourth-order valence-electron chi connectivity index (χ4n) is 3.97. The molecule has 32 heavy (non-hydrogen) atoms. The Morgan fingerprint density at radius 1 is 0.969 bits per heavy atom. The Balaban J connectivity index is 1.38. The predicted octanol–water partition coefficient (Wildman–Crippen LogP) is 5.42. The van der Waals surface area contributed by atoms with Crippen molar-refractivity contribution in [2.45, 2.75) is 25.3 Å². The lowest BCUT2D eigenvalue weighted by Crippen LogP contribution is -2.27. The molecule has 0 saturated heterocycles. The SMILES string of the molecule is Fc1ccc(-c2ccnc3ccc(Nc4nc(NC5CCC5)c5[nH]cnc5n4)cc23)cc1. The first-order chi connectivity index (χ1) is 15.7. The smallest absolute Gasteiger partial charge is 0.231 e. The van der Waals surface area contributed by atoms with Crippen LogP contribution in [-0.4, -0.2) is 31.0 Å². The van der Waals surface area contributed by atoms with Crippen LogP contribution in [0.4, 0.5) is 21.8 Å². The lowest BCUT2D eigenvalue weighted by molar-refractivity contribution is 0.445. The molecule has 3 heterocycles. The van der Waals surface area contributed by atoms with Crippen molar-refractivity contribution in [2.24, 2.45) is 0 Å². The molecule has 158 valence electrons. The van der Waals surface area contributed by atoms with E-state index in [1.807, 2.05) is 24.3 Å². The molecule has 0 spiro atoms. The second-order valence-corrected chi connectivity index (χ2v) is 7.99. The molecule has 0 radical (unpaired) electrons. The van der Waals surface area contributed by atoms with Crippen molar-refractivity contribution in [3.05, 3.63) is 66.9 Å². The van der Waals surface area contributed by atoms with Crippen molar-refractivity contribution in [3.63, 3.8) is 0 Å². The van der Waals surface area contributed by atoms with Crippen LogP contribution in [0.5, 0.6) is 0 Å². The highest BCUT2D eigenvalue weighted by Gasteiger charge is 2.20. The monoisotopic (exact) mass is 425 g/mol. The van der Waals surface area contributed by atoms with Gasteiger partial charge in [0.25, 0.3) is 0 Å². The van der Waals surface area contributed by atoms with E-state index in [-0.39, 0.29) is 5.82 Å². The summed E-state index contributed by atoms with van der Waals surface area (Å²) in [6, 6.07) is 14.8. The van der Waals surface area contributed by atoms with E-state index >= 15 is 0 Å². The first kappa shape index (κ1) is 18.7. The highest BCUT2D eigenvalue weighted by atomic mass is 19.1. The molecule has 0 unspecified atom stereocenters. The zero-order valence-corrected chi connectivity index (χ0v) is 17.1. The number of nitrogens with zero attached hydrogens (tertiary/aromatic N) is 4. The molecular weight excluding hydrogens is 405 g/mol. The number of hydrogen-bond donors (Lipinski definition) is 3. The highest BCUT2D eigenvalue weighted by molar-refractivity contribution is 5.96. The van der Waals surface area contributed by atoms with Gasteiger partial charge in [-0.3, -0.25) is 4.98 Å². The van der Waals surface area contributed by atoms with Gasteiger partial charge in [0.15, 0.2) is 11.5 Å². The van der Waals surface area contributed by atoms with Gasteiger partial charge in [0, 0.05) is 23.3 Å². The Labute approximate surface area is 183 Å². The average molecular weight is 425 g/mol. The fourth-order valence-corrected chi connectivity index (χ4v) is 3.97. The van der Waals surface area contributed by atoms with Crippen LogP contribution in [0.1, 0.15) is 19.3 Å². The fraction of sp³-hybridized carbons (Fsp3) is 0.167. The van der Waals surface area contributed by atoms with Crippen LogP contribution in [0.15, 0.2) is 61.1 Å². The number of anilines is 3. The number of aromatic amines is 1. The second kappa shape index (κ2) is 7.56. The molecule has 0 bridgehead atoms. The van der Waals surface area contributed by atoms with Crippen molar-refractivity contribution >= 4 is 39.5 Å². The number of aromatic nitrogens is 5. The van der Waals surface area contributed by atoms with Crippen LogP contribution in [0.25, 0.3) is 33.2 Å². The molecule has 0 aliphatic heterocycles. The molecule has 1 aliphatic carbocycles. The number of H-pyrrole nitrogens is 1. The topological polar surface area (TPSA) is 91.4 Å². The molecule has 7 nitrogen and oxygen atoms in total. The summed E-state index contributed by atoms with van der Waals surface area (Å²) < 4.78 is 13.4. The van der Waals surface area contributed by atoms with E-state index in [9.17, 15) is 4.39 Å². The number of halogens is 1. The molecule has 5 aromatic rings. The summed E-state index contributed by atoms with van der Waals surface area (Å²) in [5.41, 5.74) is 5.01. The van der Waals surface area contributed by atoms with Gasteiger partial charge < -0.3 is 15.6 Å².